The molecule has 0 N–H and O–H groups in total. The molecule has 132 valence electrons. The lowest BCUT2D eigenvalue weighted by Gasteiger charge is -2.36. The van der Waals surface area contributed by atoms with Gasteiger partial charge in [0.1, 0.15) is 0 Å². The van der Waals surface area contributed by atoms with E-state index in [9.17, 15) is 18.3 Å². The van der Waals surface area contributed by atoms with Gasteiger partial charge in [-0.3, -0.25) is 4.31 Å². The molecule has 0 amide bonds. The zero-order chi connectivity index (χ0) is 18.0. The monoisotopic (exact) mass is 358 g/mol. The lowest BCUT2D eigenvalue weighted by atomic mass is 9.99. The fourth-order valence-electron chi connectivity index (χ4n) is 3.21. The van der Waals surface area contributed by atoms with Crippen molar-refractivity contribution in [2.24, 2.45) is 0 Å². The zero-order valence-corrected chi connectivity index (χ0v) is 14.8. The van der Waals surface area contributed by atoms with Crippen LogP contribution in [-0.4, -0.2) is 20.4 Å². The van der Waals surface area contributed by atoms with Gasteiger partial charge in [-0.25, -0.2) is 8.42 Å². The van der Waals surface area contributed by atoms with Gasteiger partial charge in [0.05, 0.1) is 10.6 Å². The standard InChI is InChI=1S/C19H21NO4S/c1-14-6-10-16-4-2-3-5-18(16)20(14)25(23,24)17-11-7-15(8-12-17)9-13-19(21)22/h2-5,7-8,11-12,14H,6,9-10,13H2,1H3,(H,21,22)/p-1/t14-/m1/s1. The van der Waals surface area contributed by atoms with Crippen LogP contribution < -0.4 is 9.41 Å². The van der Waals surface area contributed by atoms with Crippen molar-refractivity contribution in [3.05, 3.63) is 59.7 Å². The number of aliphatic carboxylic acids is 1. The molecule has 1 aliphatic heterocycles. The summed E-state index contributed by atoms with van der Waals surface area (Å²) in [6.07, 6.45) is 1.89. The van der Waals surface area contributed by atoms with Gasteiger partial charge in [-0.15, -0.1) is 0 Å². The molecule has 1 aliphatic rings. The molecule has 0 aromatic heterocycles. The highest BCUT2D eigenvalue weighted by atomic mass is 32.2. The molecule has 6 heteroatoms. The number of carboxylic acid groups (broad SMARTS) is 1. The molecular formula is C19H20NO4S-. The number of carbonyl (C=O) groups is 1. The number of para-hydroxylation sites is 1. The summed E-state index contributed by atoms with van der Waals surface area (Å²) >= 11 is 0. The van der Waals surface area contributed by atoms with Crippen molar-refractivity contribution in [2.75, 3.05) is 4.31 Å². The van der Waals surface area contributed by atoms with Crippen LogP contribution in [-0.2, 0) is 27.7 Å². The highest BCUT2D eigenvalue weighted by Gasteiger charge is 2.33. The predicted octanol–water partition coefficient (Wildman–Crippen LogP) is 1.90. The largest absolute Gasteiger partial charge is 0.550 e. The molecule has 25 heavy (non-hydrogen) atoms. The first-order valence-electron chi connectivity index (χ1n) is 8.31. The first kappa shape index (κ1) is 17.5. The van der Waals surface area contributed by atoms with Crippen LogP contribution in [0.2, 0.25) is 0 Å². The van der Waals surface area contributed by atoms with Crippen molar-refractivity contribution in [2.45, 2.75) is 43.5 Å². The number of hydrogen-bond donors (Lipinski definition) is 0. The van der Waals surface area contributed by atoms with Crippen molar-refractivity contribution in [3.8, 4) is 0 Å². The smallest absolute Gasteiger partial charge is 0.264 e. The summed E-state index contributed by atoms with van der Waals surface area (Å²) in [5.41, 5.74) is 2.55. The molecule has 0 saturated heterocycles. The number of anilines is 1. The minimum atomic E-state index is -3.67. The SMILES string of the molecule is C[C@@H]1CCc2ccccc2N1S(=O)(=O)c1ccc(CCC(=O)[O-])cc1. The molecule has 0 spiro atoms. The number of carboxylic acids is 1. The van der Waals surface area contributed by atoms with Crippen LogP contribution >= 0.6 is 0 Å². The molecule has 0 unspecified atom stereocenters. The van der Waals surface area contributed by atoms with Gasteiger partial charge < -0.3 is 9.90 Å². The minimum absolute atomic E-state index is 0.0807. The fourth-order valence-corrected chi connectivity index (χ4v) is 4.93. The van der Waals surface area contributed by atoms with Crippen LogP contribution in [0.25, 0.3) is 0 Å². The second-order valence-electron chi connectivity index (χ2n) is 6.33. The van der Waals surface area contributed by atoms with Crippen molar-refractivity contribution in [1.82, 2.24) is 0 Å². The highest BCUT2D eigenvalue weighted by molar-refractivity contribution is 7.92. The zero-order valence-electron chi connectivity index (χ0n) is 14.0. The molecular weight excluding hydrogens is 338 g/mol. The Morgan fingerprint density at radius 3 is 2.52 bits per heavy atom. The topological polar surface area (TPSA) is 77.5 Å². The van der Waals surface area contributed by atoms with Crippen LogP contribution in [0.5, 0.6) is 0 Å². The molecule has 2 aromatic rings. The lowest BCUT2D eigenvalue weighted by Crippen LogP contribution is -2.42. The van der Waals surface area contributed by atoms with Crippen LogP contribution in [0.1, 0.15) is 30.9 Å². The normalized spacial score (nSPS) is 17.2. The van der Waals surface area contributed by atoms with E-state index in [0.29, 0.717) is 6.42 Å². The number of fused-ring (bicyclic) bond motifs is 1. The fraction of sp³-hybridized carbons (Fsp3) is 0.316. The third-order valence-electron chi connectivity index (χ3n) is 4.56. The predicted molar refractivity (Wildman–Crippen MR) is 93.7 cm³/mol. The Kier molecular flexibility index (Phi) is 4.81. The van der Waals surface area contributed by atoms with E-state index in [1.54, 1.807) is 24.3 Å². The van der Waals surface area contributed by atoms with E-state index in [4.69, 9.17) is 0 Å². The summed E-state index contributed by atoms with van der Waals surface area (Å²) in [4.78, 5) is 10.8. The second kappa shape index (κ2) is 6.88. The van der Waals surface area contributed by atoms with Gasteiger partial charge in [-0.2, -0.15) is 0 Å². The molecule has 0 saturated carbocycles. The molecule has 0 aliphatic carbocycles. The molecule has 0 fully saturated rings. The van der Waals surface area contributed by atoms with Gasteiger partial charge >= 0.3 is 0 Å². The molecule has 0 radical (unpaired) electrons. The first-order valence-corrected chi connectivity index (χ1v) is 9.75. The van der Waals surface area contributed by atoms with Gasteiger partial charge in [0, 0.05) is 12.0 Å². The first-order chi connectivity index (χ1) is 11.9. The highest BCUT2D eigenvalue weighted by Crippen LogP contribution is 2.35. The minimum Gasteiger partial charge on any atom is -0.550 e. The van der Waals surface area contributed by atoms with Crippen LogP contribution in [0.3, 0.4) is 0 Å². The Morgan fingerprint density at radius 1 is 1.16 bits per heavy atom. The van der Waals surface area contributed by atoms with Crippen LogP contribution in [0.15, 0.2) is 53.4 Å². The maximum absolute atomic E-state index is 13.2. The number of hydrogen-bond acceptors (Lipinski definition) is 4. The summed E-state index contributed by atoms with van der Waals surface area (Å²) in [5, 5.41) is 10.5. The van der Waals surface area contributed by atoms with Gasteiger partial charge in [0.2, 0.25) is 0 Å². The summed E-state index contributed by atoms with van der Waals surface area (Å²) < 4.78 is 27.8. The quantitative estimate of drug-likeness (QED) is 0.818. The summed E-state index contributed by atoms with van der Waals surface area (Å²) in [5.74, 6) is -1.12. The van der Waals surface area contributed by atoms with Crippen LogP contribution in [0.4, 0.5) is 5.69 Å². The Labute approximate surface area is 148 Å². The molecule has 3 rings (SSSR count). The van der Waals surface area contributed by atoms with Crippen molar-refractivity contribution in [3.63, 3.8) is 0 Å². The maximum Gasteiger partial charge on any atom is 0.264 e. The molecule has 5 nitrogen and oxygen atoms in total. The Balaban J connectivity index is 1.92. The third kappa shape index (κ3) is 3.54. The van der Waals surface area contributed by atoms with E-state index < -0.39 is 16.0 Å². The average Bonchev–Trinajstić information content (AvgIpc) is 2.60. The van der Waals surface area contributed by atoms with Crippen molar-refractivity contribution < 1.29 is 18.3 Å². The van der Waals surface area contributed by atoms with Gasteiger partial charge in [0.15, 0.2) is 0 Å². The molecule has 1 heterocycles. The Bertz CT molecular complexity index is 875. The lowest BCUT2D eigenvalue weighted by molar-refractivity contribution is -0.305. The van der Waals surface area contributed by atoms with E-state index in [0.717, 1.165) is 29.7 Å². The summed E-state index contributed by atoms with van der Waals surface area (Å²) in [6.45, 7) is 1.92. The summed E-state index contributed by atoms with van der Waals surface area (Å²) in [7, 11) is -3.67. The summed E-state index contributed by atoms with van der Waals surface area (Å²) in [6, 6.07) is 13.9. The number of benzene rings is 2. The molecule has 1 atom stereocenters. The number of nitrogens with zero attached hydrogens (tertiary/aromatic N) is 1. The Hall–Kier alpha value is -2.34. The van der Waals surface area contributed by atoms with Crippen molar-refractivity contribution in [1.29, 1.82) is 0 Å². The van der Waals surface area contributed by atoms with Gasteiger partial charge in [-0.05, 0) is 61.9 Å². The van der Waals surface area contributed by atoms with E-state index in [2.05, 4.69) is 0 Å². The number of aryl methyl sites for hydroxylation is 2. The van der Waals surface area contributed by atoms with E-state index in [1.165, 1.54) is 4.31 Å². The van der Waals surface area contributed by atoms with E-state index in [-0.39, 0.29) is 17.4 Å². The van der Waals surface area contributed by atoms with Crippen LogP contribution in [0, 0.1) is 0 Å². The van der Waals surface area contributed by atoms with Crippen molar-refractivity contribution >= 4 is 21.7 Å². The van der Waals surface area contributed by atoms with Gasteiger partial charge in [-0.1, -0.05) is 30.3 Å². The van der Waals surface area contributed by atoms with Gasteiger partial charge in [0.25, 0.3) is 10.0 Å². The van der Waals surface area contributed by atoms with E-state index >= 15 is 0 Å². The third-order valence-corrected chi connectivity index (χ3v) is 6.50. The number of carbonyl (C=O) groups excluding carboxylic acids is 1. The van der Waals surface area contributed by atoms with E-state index in [1.807, 2.05) is 31.2 Å². The Morgan fingerprint density at radius 2 is 1.84 bits per heavy atom. The average molecular weight is 358 g/mol. The number of rotatable bonds is 5. The maximum atomic E-state index is 13.2. The second-order valence-corrected chi connectivity index (χ2v) is 8.15. The molecule has 2 aromatic carbocycles. The number of sulfonamides is 1. The molecule has 0 bridgehead atoms.